The van der Waals surface area contributed by atoms with Crippen LogP contribution in [0.2, 0.25) is 0 Å². The predicted octanol–water partition coefficient (Wildman–Crippen LogP) is 2.41. The standard InChI is InChI=1S/C13H19NO/c1-13(2)11(12(13)14-3)9-7-5-6-8-10(9)15-4/h5-8,11-12,14H,1-4H3. The third-order valence-corrected chi connectivity index (χ3v) is 3.61. The van der Waals surface area contributed by atoms with E-state index in [0.29, 0.717) is 17.4 Å². The SMILES string of the molecule is CNC1C(c2ccccc2OC)C1(C)C. The van der Waals surface area contributed by atoms with E-state index in [-0.39, 0.29) is 0 Å². The maximum atomic E-state index is 5.41. The van der Waals surface area contributed by atoms with Crippen molar-refractivity contribution in [3.05, 3.63) is 29.8 Å². The third-order valence-electron chi connectivity index (χ3n) is 3.61. The van der Waals surface area contributed by atoms with E-state index in [1.807, 2.05) is 19.2 Å². The van der Waals surface area contributed by atoms with Crippen LogP contribution in [0.5, 0.6) is 5.75 Å². The van der Waals surface area contributed by atoms with Gasteiger partial charge in [-0.2, -0.15) is 0 Å². The van der Waals surface area contributed by atoms with Gasteiger partial charge >= 0.3 is 0 Å². The summed E-state index contributed by atoms with van der Waals surface area (Å²) in [7, 11) is 3.77. The van der Waals surface area contributed by atoms with Crippen LogP contribution in [0.1, 0.15) is 25.3 Å². The zero-order valence-electron chi connectivity index (χ0n) is 9.87. The number of ether oxygens (including phenoxy) is 1. The molecule has 1 aliphatic carbocycles. The number of likely N-dealkylation sites (N-methyl/N-ethyl adjacent to an activating group) is 1. The van der Waals surface area contributed by atoms with E-state index in [0.717, 1.165) is 5.75 Å². The Morgan fingerprint density at radius 1 is 1.27 bits per heavy atom. The normalized spacial score (nSPS) is 27.5. The van der Waals surface area contributed by atoms with E-state index in [4.69, 9.17) is 4.74 Å². The lowest BCUT2D eigenvalue weighted by Crippen LogP contribution is -2.14. The Bertz CT molecular complexity index is 359. The third kappa shape index (κ3) is 1.53. The van der Waals surface area contributed by atoms with Gasteiger partial charge in [-0.15, -0.1) is 0 Å². The van der Waals surface area contributed by atoms with Crippen molar-refractivity contribution in [3.8, 4) is 5.75 Å². The fourth-order valence-electron chi connectivity index (χ4n) is 2.68. The number of nitrogens with one attached hydrogen (secondary N) is 1. The molecule has 1 aromatic rings. The molecule has 0 saturated heterocycles. The Labute approximate surface area is 91.6 Å². The molecule has 1 fully saturated rings. The van der Waals surface area contributed by atoms with Gasteiger partial charge in [0.05, 0.1) is 7.11 Å². The van der Waals surface area contributed by atoms with Crippen LogP contribution < -0.4 is 10.1 Å². The summed E-state index contributed by atoms with van der Waals surface area (Å²) in [5.74, 6) is 1.58. The van der Waals surface area contributed by atoms with E-state index >= 15 is 0 Å². The first kappa shape index (κ1) is 10.5. The van der Waals surface area contributed by atoms with Gasteiger partial charge in [0.25, 0.3) is 0 Å². The molecule has 1 N–H and O–H groups in total. The van der Waals surface area contributed by atoms with Gasteiger partial charge in [-0.3, -0.25) is 0 Å². The molecule has 2 atom stereocenters. The summed E-state index contributed by atoms with van der Waals surface area (Å²) in [4.78, 5) is 0. The first-order valence-electron chi connectivity index (χ1n) is 5.43. The average Bonchev–Trinajstić information content (AvgIpc) is 2.80. The van der Waals surface area contributed by atoms with Gasteiger partial charge in [0.2, 0.25) is 0 Å². The lowest BCUT2D eigenvalue weighted by molar-refractivity contribution is 0.407. The van der Waals surface area contributed by atoms with Crippen LogP contribution in [0.4, 0.5) is 0 Å². The number of hydrogen-bond donors (Lipinski definition) is 1. The molecule has 0 radical (unpaired) electrons. The van der Waals surface area contributed by atoms with Gasteiger partial charge < -0.3 is 10.1 Å². The first-order valence-corrected chi connectivity index (χ1v) is 5.43. The van der Waals surface area contributed by atoms with Crippen LogP contribution >= 0.6 is 0 Å². The molecule has 1 aliphatic rings. The van der Waals surface area contributed by atoms with E-state index in [2.05, 4.69) is 31.3 Å². The van der Waals surface area contributed by atoms with Crippen LogP contribution in [-0.2, 0) is 0 Å². The molecule has 0 amide bonds. The maximum Gasteiger partial charge on any atom is 0.122 e. The Kier molecular flexibility index (Phi) is 2.47. The molecular formula is C13H19NO. The summed E-state index contributed by atoms with van der Waals surface area (Å²) in [6.07, 6.45) is 0. The lowest BCUT2D eigenvalue weighted by atomic mass is 10.0. The fraction of sp³-hybridized carbons (Fsp3) is 0.538. The van der Waals surface area contributed by atoms with E-state index < -0.39 is 0 Å². The zero-order valence-corrected chi connectivity index (χ0v) is 9.87. The predicted molar refractivity (Wildman–Crippen MR) is 62.4 cm³/mol. The highest BCUT2D eigenvalue weighted by atomic mass is 16.5. The molecule has 2 heteroatoms. The molecule has 2 unspecified atom stereocenters. The average molecular weight is 205 g/mol. The quantitative estimate of drug-likeness (QED) is 0.818. The van der Waals surface area contributed by atoms with Crippen molar-refractivity contribution in [1.29, 1.82) is 0 Å². The van der Waals surface area contributed by atoms with Crippen molar-refractivity contribution >= 4 is 0 Å². The van der Waals surface area contributed by atoms with Crippen LogP contribution in [0, 0.1) is 5.41 Å². The van der Waals surface area contributed by atoms with Gasteiger partial charge in [-0.1, -0.05) is 32.0 Å². The van der Waals surface area contributed by atoms with Crippen LogP contribution in [-0.4, -0.2) is 20.2 Å². The largest absolute Gasteiger partial charge is 0.496 e. The minimum atomic E-state index is 0.337. The number of benzene rings is 1. The summed E-state index contributed by atoms with van der Waals surface area (Å²) in [6.45, 7) is 4.59. The second kappa shape index (κ2) is 3.53. The highest BCUT2D eigenvalue weighted by molar-refractivity contribution is 5.44. The minimum Gasteiger partial charge on any atom is -0.496 e. The Hall–Kier alpha value is -1.02. The zero-order chi connectivity index (χ0) is 11.1. The topological polar surface area (TPSA) is 21.3 Å². The molecule has 0 bridgehead atoms. The summed E-state index contributed by atoms with van der Waals surface area (Å²) in [5, 5.41) is 3.37. The summed E-state index contributed by atoms with van der Waals surface area (Å²) < 4.78 is 5.41. The van der Waals surface area contributed by atoms with Crippen LogP contribution in [0.15, 0.2) is 24.3 Å². The van der Waals surface area contributed by atoms with Gasteiger partial charge in [0, 0.05) is 12.0 Å². The van der Waals surface area contributed by atoms with Crippen molar-refractivity contribution in [2.24, 2.45) is 5.41 Å². The lowest BCUT2D eigenvalue weighted by Gasteiger charge is -2.08. The summed E-state index contributed by atoms with van der Waals surface area (Å²) in [5.41, 5.74) is 1.66. The monoisotopic (exact) mass is 205 g/mol. The maximum absolute atomic E-state index is 5.41. The Morgan fingerprint density at radius 3 is 2.47 bits per heavy atom. The molecule has 2 rings (SSSR count). The smallest absolute Gasteiger partial charge is 0.122 e. The Morgan fingerprint density at radius 2 is 1.93 bits per heavy atom. The van der Waals surface area contributed by atoms with Gasteiger partial charge in [-0.05, 0) is 24.1 Å². The van der Waals surface area contributed by atoms with Gasteiger partial charge in [0.1, 0.15) is 5.75 Å². The number of para-hydroxylation sites is 1. The Balaban J connectivity index is 2.32. The first-order chi connectivity index (χ1) is 7.12. The second-order valence-electron chi connectivity index (χ2n) is 4.81. The van der Waals surface area contributed by atoms with E-state index in [1.54, 1.807) is 7.11 Å². The van der Waals surface area contributed by atoms with Crippen LogP contribution in [0.3, 0.4) is 0 Å². The molecule has 2 nitrogen and oxygen atoms in total. The van der Waals surface area contributed by atoms with Crippen molar-refractivity contribution in [2.75, 3.05) is 14.2 Å². The number of hydrogen-bond acceptors (Lipinski definition) is 2. The molecule has 0 aromatic heterocycles. The molecule has 0 heterocycles. The molecule has 0 spiro atoms. The molecule has 82 valence electrons. The van der Waals surface area contributed by atoms with Crippen molar-refractivity contribution in [2.45, 2.75) is 25.8 Å². The minimum absolute atomic E-state index is 0.337. The molecule has 1 saturated carbocycles. The van der Waals surface area contributed by atoms with Crippen LogP contribution in [0.25, 0.3) is 0 Å². The number of rotatable bonds is 3. The molecule has 15 heavy (non-hydrogen) atoms. The molecule has 1 aromatic carbocycles. The fourth-order valence-corrected chi connectivity index (χ4v) is 2.68. The molecule has 0 aliphatic heterocycles. The summed E-state index contributed by atoms with van der Waals surface area (Å²) >= 11 is 0. The highest BCUT2D eigenvalue weighted by Crippen LogP contribution is 2.60. The highest BCUT2D eigenvalue weighted by Gasteiger charge is 2.58. The molecular weight excluding hydrogens is 186 g/mol. The van der Waals surface area contributed by atoms with Crippen molar-refractivity contribution in [1.82, 2.24) is 5.32 Å². The van der Waals surface area contributed by atoms with Crippen molar-refractivity contribution < 1.29 is 4.74 Å². The van der Waals surface area contributed by atoms with Crippen molar-refractivity contribution in [3.63, 3.8) is 0 Å². The summed E-state index contributed by atoms with van der Waals surface area (Å²) in [6, 6.07) is 8.87. The second-order valence-corrected chi connectivity index (χ2v) is 4.81. The van der Waals surface area contributed by atoms with Gasteiger partial charge in [0.15, 0.2) is 0 Å². The van der Waals surface area contributed by atoms with Gasteiger partial charge in [-0.25, -0.2) is 0 Å². The van der Waals surface area contributed by atoms with E-state index in [1.165, 1.54) is 5.56 Å². The number of methoxy groups -OCH3 is 1. The van der Waals surface area contributed by atoms with E-state index in [9.17, 15) is 0 Å².